The smallest absolute Gasteiger partial charge is 0.396 e. The SMILES string of the molecule is O=P(O)(O)OCC1CCN(CCCO)C1. The second kappa shape index (κ2) is 5.94. The number of rotatable bonds is 6. The zero-order valence-electron chi connectivity index (χ0n) is 8.58. The van der Waals surface area contributed by atoms with Crippen LogP contribution in [0.25, 0.3) is 0 Å². The lowest BCUT2D eigenvalue weighted by molar-refractivity contribution is 0.166. The number of hydrogen-bond donors (Lipinski definition) is 3. The Balaban J connectivity index is 2.16. The predicted octanol–water partition coefficient (Wildman–Crippen LogP) is -0.200. The van der Waals surface area contributed by atoms with Crippen LogP contribution in [0.3, 0.4) is 0 Å². The highest BCUT2D eigenvalue weighted by atomic mass is 31.2. The normalized spacial score (nSPS) is 23.5. The lowest BCUT2D eigenvalue weighted by Crippen LogP contribution is -2.23. The molecule has 0 saturated carbocycles. The number of phosphoric acid groups is 1. The van der Waals surface area contributed by atoms with Gasteiger partial charge in [0.2, 0.25) is 0 Å². The third-order valence-electron chi connectivity index (χ3n) is 2.48. The first-order valence-electron chi connectivity index (χ1n) is 5.04. The molecule has 7 heteroatoms. The van der Waals surface area contributed by atoms with Crippen molar-refractivity contribution in [1.82, 2.24) is 4.90 Å². The van der Waals surface area contributed by atoms with Gasteiger partial charge in [-0.25, -0.2) is 4.57 Å². The van der Waals surface area contributed by atoms with Crippen LogP contribution in [0.4, 0.5) is 0 Å². The third-order valence-corrected chi connectivity index (χ3v) is 2.97. The van der Waals surface area contributed by atoms with E-state index in [0.29, 0.717) is 0 Å². The van der Waals surface area contributed by atoms with Gasteiger partial charge in [0.15, 0.2) is 0 Å². The topological polar surface area (TPSA) is 90.2 Å². The highest BCUT2D eigenvalue weighted by Gasteiger charge is 2.25. The van der Waals surface area contributed by atoms with Gasteiger partial charge in [-0.2, -0.15) is 0 Å². The van der Waals surface area contributed by atoms with E-state index < -0.39 is 7.82 Å². The fraction of sp³-hybridized carbons (Fsp3) is 1.00. The Hall–Kier alpha value is 0.0300. The van der Waals surface area contributed by atoms with E-state index in [-0.39, 0.29) is 19.1 Å². The number of aliphatic hydroxyl groups excluding tert-OH is 1. The molecule has 0 spiro atoms. The summed E-state index contributed by atoms with van der Waals surface area (Å²) in [5.41, 5.74) is 0. The van der Waals surface area contributed by atoms with Gasteiger partial charge in [0.1, 0.15) is 0 Å². The minimum Gasteiger partial charge on any atom is -0.396 e. The van der Waals surface area contributed by atoms with E-state index in [0.717, 1.165) is 32.5 Å². The van der Waals surface area contributed by atoms with Crippen LogP contribution in [0.15, 0.2) is 0 Å². The number of hydrogen-bond acceptors (Lipinski definition) is 4. The summed E-state index contributed by atoms with van der Waals surface area (Å²) in [4.78, 5) is 19.2. The van der Waals surface area contributed by atoms with Crippen LogP contribution in [-0.4, -0.2) is 52.6 Å². The van der Waals surface area contributed by atoms with Crippen LogP contribution >= 0.6 is 7.82 Å². The Labute approximate surface area is 89.1 Å². The standard InChI is InChI=1S/C8H18NO5P/c10-5-1-3-9-4-2-8(6-9)7-14-15(11,12)13/h8,10H,1-7H2,(H2,11,12,13). The summed E-state index contributed by atoms with van der Waals surface area (Å²) in [5.74, 6) is 0.191. The minimum absolute atomic E-state index is 0.111. The van der Waals surface area contributed by atoms with Gasteiger partial charge in [-0.15, -0.1) is 0 Å². The monoisotopic (exact) mass is 239 g/mol. The van der Waals surface area contributed by atoms with Gasteiger partial charge in [0.25, 0.3) is 0 Å². The van der Waals surface area contributed by atoms with Crippen molar-refractivity contribution in [3.8, 4) is 0 Å². The number of phosphoric ester groups is 1. The summed E-state index contributed by atoms with van der Waals surface area (Å²) >= 11 is 0. The van der Waals surface area contributed by atoms with Gasteiger partial charge < -0.3 is 19.8 Å². The first-order valence-corrected chi connectivity index (χ1v) is 6.57. The van der Waals surface area contributed by atoms with E-state index in [1.807, 2.05) is 0 Å². The van der Waals surface area contributed by atoms with E-state index in [2.05, 4.69) is 9.42 Å². The lowest BCUT2D eigenvalue weighted by atomic mass is 10.1. The van der Waals surface area contributed by atoms with Crippen LogP contribution < -0.4 is 0 Å². The van der Waals surface area contributed by atoms with E-state index in [1.54, 1.807) is 0 Å². The van der Waals surface area contributed by atoms with Gasteiger partial charge in [0, 0.05) is 19.7 Å². The molecule has 3 N–H and O–H groups in total. The Morgan fingerprint density at radius 3 is 2.80 bits per heavy atom. The molecule has 1 heterocycles. The van der Waals surface area contributed by atoms with Crippen molar-refractivity contribution in [1.29, 1.82) is 0 Å². The van der Waals surface area contributed by atoms with Gasteiger partial charge in [-0.05, 0) is 25.3 Å². The molecule has 0 aliphatic carbocycles. The average Bonchev–Trinajstić information content (AvgIpc) is 2.58. The van der Waals surface area contributed by atoms with Crippen LogP contribution in [0.5, 0.6) is 0 Å². The minimum atomic E-state index is -4.32. The molecule has 15 heavy (non-hydrogen) atoms. The molecule has 1 rings (SSSR count). The number of nitrogens with zero attached hydrogens (tertiary/aromatic N) is 1. The van der Waals surface area contributed by atoms with Gasteiger partial charge in [-0.1, -0.05) is 0 Å². The molecule has 1 aliphatic heterocycles. The molecule has 1 saturated heterocycles. The molecular weight excluding hydrogens is 221 g/mol. The van der Waals surface area contributed by atoms with Crippen molar-refractivity contribution in [2.45, 2.75) is 12.8 Å². The zero-order chi connectivity index (χ0) is 11.3. The summed E-state index contributed by atoms with van der Waals surface area (Å²) in [6.07, 6.45) is 1.64. The first-order chi connectivity index (χ1) is 7.01. The molecule has 0 aromatic heterocycles. The van der Waals surface area contributed by atoms with E-state index in [4.69, 9.17) is 14.9 Å². The Morgan fingerprint density at radius 1 is 1.47 bits per heavy atom. The maximum Gasteiger partial charge on any atom is 0.469 e. The van der Waals surface area contributed by atoms with Gasteiger partial charge in [0.05, 0.1) is 6.61 Å². The van der Waals surface area contributed by atoms with E-state index in [1.165, 1.54) is 0 Å². The van der Waals surface area contributed by atoms with E-state index in [9.17, 15) is 4.57 Å². The molecule has 0 bridgehead atoms. The summed E-state index contributed by atoms with van der Waals surface area (Å²) in [6.45, 7) is 2.83. The number of likely N-dealkylation sites (tertiary alicyclic amines) is 1. The summed E-state index contributed by atoms with van der Waals surface area (Å²) in [5, 5.41) is 8.65. The van der Waals surface area contributed by atoms with E-state index >= 15 is 0 Å². The fourth-order valence-corrected chi connectivity index (χ4v) is 2.15. The average molecular weight is 239 g/mol. The lowest BCUT2D eigenvalue weighted by Gasteiger charge is -2.15. The predicted molar refractivity (Wildman–Crippen MR) is 54.2 cm³/mol. The van der Waals surface area contributed by atoms with Crippen LogP contribution in [0.1, 0.15) is 12.8 Å². The Morgan fingerprint density at radius 2 is 2.20 bits per heavy atom. The second-order valence-corrected chi connectivity index (χ2v) is 5.06. The van der Waals surface area contributed by atoms with Crippen molar-refractivity contribution in [3.63, 3.8) is 0 Å². The van der Waals surface area contributed by atoms with Crippen LogP contribution in [-0.2, 0) is 9.09 Å². The number of aliphatic hydroxyl groups is 1. The van der Waals surface area contributed by atoms with Crippen molar-refractivity contribution in [3.05, 3.63) is 0 Å². The first kappa shape index (κ1) is 13.1. The molecule has 0 amide bonds. The molecule has 0 radical (unpaired) electrons. The largest absolute Gasteiger partial charge is 0.469 e. The fourth-order valence-electron chi connectivity index (χ4n) is 1.75. The molecule has 90 valence electrons. The maximum atomic E-state index is 10.5. The Kier molecular flexibility index (Phi) is 5.18. The summed E-state index contributed by atoms with van der Waals surface area (Å²) < 4.78 is 14.9. The van der Waals surface area contributed by atoms with Crippen LogP contribution in [0, 0.1) is 5.92 Å². The molecular formula is C8H18NO5P. The maximum absolute atomic E-state index is 10.5. The van der Waals surface area contributed by atoms with Crippen molar-refractivity contribution >= 4 is 7.82 Å². The summed E-state index contributed by atoms with van der Waals surface area (Å²) in [6, 6.07) is 0. The molecule has 0 aromatic carbocycles. The molecule has 1 atom stereocenters. The van der Waals surface area contributed by atoms with Crippen molar-refractivity contribution in [2.24, 2.45) is 5.92 Å². The van der Waals surface area contributed by atoms with Crippen LogP contribution in [0.2, 0.25) is 0 Å². The molecule has 1 fully saturated rings. The highest BCUT2D eigenvalue weighted by molar-refractivity contribution is 7.46. The van der Waals surface area contributed by atoms with Gasteiger partial charge in [-0.3, -0.25) is 4.52 Å². The zero-order valence-corrected chi connectivity index (χ0v) is 9.47. The molecule has 1 aliphatic rings. The molecule has 6 nitrogen and oxygen atoms in total. The van der Waals surface area contributed by atoms with Crippen molar-refractivity contribution < 1.29 is 24.0 Å². The second-order valence-electron chi connectivity index (χ2n) is 3.82. The third kappa shape index (κ3) is 5.61. The molecule has 0 aromatic rings. The molecule has 1 unspecified atom stereocenters. The van der Waals surface area contributed by atoms with Crippen molar-refractivity contribution in [2.75, 3.05) is 32.8 Å². The summed E-state index contributed by atoms with van der Waals surface area (Å²) in [7, 11) is -4.32. The Bertz CT molecular complexity index is 231. The quantitative estimate of drug-likeness (QED) is 0.556. The van der Waals surface area contributed by atoms with Gasteiger partial charge >= 0.3 is 7.82 Å². The highest BCUT2D eigenvalue weighted by Crippen LogP contribution is 2.37.